The molecule has 248 valence electrons. The number of ether oxygens (including phenoxy) is 2. The Morgan fingerprint density at radius 1 is 0.467 bits per heavy atom. The van der Waals surface area contributed by atoms with Crippen LogP contribution in [-0.2, 0) is 51.9 Å². The summed E-state index contributed by atoms with van der Waals surface area (Å²) in [6.45, 7) is 4.49. The van der Waals surface area contributed by atoms with Crippen LogP contribution in [0.4, 0.5) is 9.59 Å². The summed E-state index contributed by atoms with van der Waals surface area (Å²) in [6.07, 6.45) is 9.68. The molecule has 2 aromatic carbocycles. The minimum Gasteiger partial charge on any atom is -0.432 e. The van der Waals surface area contributed by atoms with Crippen molar-refractivity contribution in [3.8, 4) is 0 Å². The van der Waals surface area contributed by atoms with Crippen LogP contribution in [0.2, 0.25) is 0 Å². The molecule has 0 unspecified atom stereocenters. The second-order valence-electron chi connectivity index (χ2n) is 10.3. The molecule has 0 amide bonds. The Labute approximate surface area is 263 Å². The lowest BCUT2D eigenvalue weighted by Gasteiger charge is -2.06. The average Bonchev–Trinajstić information content (AvgIpc) is 3.05. The number of benzene rings is 2. The molecule has 0 fully saturated rings. The number of aryl methyl sites for hydroxylation is 2. The van der Waals surface area contributed by atoms with Gasteiger partial charge in [0.25, 0.3) is 0 Å². The van der Waals surface area contributed by atoms with Crippen LogP contribution in [0.3, 0.4) is 0 Å². The van der Waals surface area contributed by atoms with Crippen molar-refractivity contribution >= 4 is 24.2 Å². The first-order valence-corrected chi connectivity index (χ1v) is 15.5. The van der Waals surface area contributed by atoms with Gasteiger partial charge in [-0.3, -0.25) is 9.78 Å². The van der Waals surface area contributed by atoms with Gasteiger partial charge in [0.05, 0.1) is 34.4 Å². The normalized spacial score (nSPS) is 10.5. The molecule has 45 heavy (non-hydrogen) atoms. The van der Waals surface area contributed by atoms with Crippen LogP contribution in [-0.4, -0.2) is 37.5 Å². The Balaban J connectivity index is 1.37. The maximum Gasteiger partial charge on any atom is 0.543 e. The highest BCUT2D eigenvalue weighted by Crippen LogP contribution is 2.12. The summed E-state index contributed by atoms with van der Waals surface area (Å²) in [5, 5.41) is 8.46. The molecular formula is C33H44O12. The average molecular weight is 633 g/mol. The SMILES string of the molecule is CCCCc1ccc(C(=O)OOOC(=O)OCCCCCCCCCOC(=O)OOOC(=O)c2ccc(CCCC)cc2)cc1. The molecule has 0 aliphatic carbocycles. The summed E-state index contributed by atoms with van der Waals surface area (Å²) in [7, 11) is 0. The number of carbonyl (C=O) groups excluding carboxylic acids is 4. The third-order valence-corrected chi connectivity index (χ3v) is 6.67. The molecule has 2 rings (SSSR count). The molecule has 12 heteroatoms. The third kappa shape index (κ3) is 17.1. The largest absolute Gasteiger partial charge is 0.543 e. The number of rotatable bonds is 22. The van der Waals surface area contributed by atoms with Crippen LogP contribution < -0.4 is 0 Å². The van der Waals surface area contributed by atoms with Crippen molar-refractivity contribution < 1.29 is 58.3 Å². The molecule has 0 aromatic heterocycles. The molecule has 0 aliphatic rings. The second-order valence-corrected chi connectivity index (χ2v) is 10.3. The summed E-state index contributed by atoms with van der Waals surface area (Å²) in [5.41, 5.74) is 2.78. The summed E-state index contributed by atoms with van der Waals surface area (Å²) < 4.78 is 9.74. The van der Waals surface area contributed by atoms with E-state index in [1.165, 1.54) is 0 Å². The smallest absolute Gasteiger partial charge is 0.432 e. The minimum absolute atomic E-state index is 0.133. The molecular weight excluding hydrogens is 588 g/mol. The fourth-order valence-corrected chi connectivity index (χ4v) is 4.07. The number of carbonyl (C=O) groups is 4. The molecule has 0 spiro atoms. The van der Waals surface area contributed by atoms with Gasteiger partial charge in [0.15, 0.2) is 0 Å². The summed E-state index contributed by atoms with van der Waals surface area (Å²) >= 11 is 0. The van der Waals surface area contributed by atoms with Gasteiger partial charge in [-0.15, -0.1) is 0 Å². The molecule has 2 aromatic rings. The number of hydrogen-bond acceptors (Lipinski definition) is 12. The maximum absolute atomic E-state index is 11.9. The van der Waals surface area contributed by atoms with E-state index in [9.17, 15) is 19.2 Å². The molecule has 0 saturated heterocycles. The van der Waals surface area contributed by atoms with Gasteiger partial charge in [-0.05, 0) is 73.9 Å². The van der Waals surface area contributed by atoms with Gasteiger partial charge in [0, 0.05) is 0 Å². The van der Waals surface area contributed by atoms with Crippen LogP contribution in [0.25, 0.3) is 0 Å². The van der Waals surface area contributed by atoms with Gasteiger partial charge >= 0.3 is 24.2 Å². The fraction of sp³-hybridized carbons (Fsp3) is 0.515. The van der Waals surface area contributed by atoms with Gasteiger partial charge in [-0.25, -0.2) is 29.0 Å². The number of hydrogen-bond donors (Lipinski definition) is 0. The minimum atomic E-state index is -1.10. The van der Waals surface area contributed by atoms with Crippen LogP contribution in [0.1, 0.15) is 116 Å². The number of unbranched alkanes of at least 4 members (excludes halogenated alkanes) is 8. The van der Waals surface area contributed by atoms with Crippen molar-refractivity contribution in [3.05, 3.63) is 70.8 Å². The van der Waals surface area contributed by atoms with Crippen molar-refractivity contribution in [1.29, 1.82) is 0 Å². The van der Waals surface area contributed by atoms with Gasteiger partial charge in [0.2, 0.25) is 0 Å². The lowest BCUT2D eigenvalue weighted by Crippen LogP contribution is -2.12. The highest BCUT2D eigenvalue weighted by Gasteiger charge is 2.13. The fourth-order valence-electron chi connectivity index (χ4n) is 4.07. The van der Waals surface area contributed by atoms with Crippen LogP contribution >= 0.6 is 0 Å². The van der Waals surface area contributed by atoms with Crippen LogP contribution in [0, 0.1) is 0 Å². The van der Waals surface area contributed by atoms with E-state index >= 15 is 0 Å². The zero-order chi connectivity index (χ0) is 32.5. The zero-order valence-corrected chi connectivity index (χ0v) is 26.1. The molecule has 0 aliphatic heterocycles. The Bertz CT molecular complexity index is 1040. The first-order valence-electron chi connectivity index (χ1n) is 15.5. The van der Waals surface area contributed by atoms with Crippen LogP contribution in [0.15, 0.2) is 48.5 Å². The summed E-state index contributed by atoms with van der Waals surface area (Å²) in [4.78, 5) is 64.4. The van der Waals surface area contributed by atoms with Crippen molar-refractivity contribution in [1.82, 2.24) is 0 Å². The molecule has 0 saturated carbocycles. The molecule has 0 atom stereocenters. The van der Waals surface area contributed by atoms with Gasteiger partial charge in [0.1, 0.15) is 0 Å². The van der Waals surface area contributed by atoms with Gasteiger partial charge in [-0.2, -0.15) is 0 Å². The van der Waals surface area contributed by atoms with E-state index in [2.05, 4.69) is 43.5 Å². The van der Waals surface area contributed by atoms with Crippen molar-refractivity contribution in [2.24, 2.45) is 0 Å². The Hall–Kier alpha value is -4.16. The van der Waals surface area contributed by atoms with E-state index < -0.39 is 24.2 Å². The molecule has 0 radical (unpaired) electrons. The Morgan fingerprint density at radius 3 is 1.18 bits per heavy atom. The zero-order valence-electron chi connectivity index (χ0n) is 26.1. The van der Waals surface area contributed by atoms with Gasteiger partial charge < -0.3 is 9.47 Å². The van der Waals surface area contributed by atoms with Crippen molar-refractivity contribution in [3.63, 3.8) is 0 Å². The highest BCUT2D eigenvalue weighted by atomic mass is 17.5. The predicted molar refractivity (Wildman–Crippen MR) is 160 cm³/mol. The lowest BCUT2D eigenvalue weighted by molar-refractivity contribution is -0.452. The van der Waals surface area contributed by atoms with Crippen molar-refractivity contribution in [2.45, 2.75) is 97.3 Å². The first-order chi connectivity index (χ1) is 21.9. The van der Waals surface area contributed by atoms with E-state index in [1.54, 1.807) is 24.3 Å². The van der Waals surface area contributed by atoms with E-state index in [-0.39, 0.29) is 24.3 Å². The molecule has 12 nitrogen and oxygen atoms in total. The van der Waals surface area contributed by atoms with Gasteiger partial charge in [-0.1, -0.05) is 83.1 Å². The van der Waals surface area contributed by atoms with E-state index in [1.807, 2.05) is 24.3 Å². The quantitative estimate of drug-likeness (QED) is 0.0535. The van der Waals surface area contributed by atoms with E-state index in [0.717, 1.165) is 81.8 Å². The summed E-state index contributed by atoms with van der Waals surface area (Å²) in [5.74, 6) is -1.58. The van der Waals surface area contributed by atoms with E-state index in [0.29, 0.717) is 12.8 Å². The van der Waals surface area contributed by atoms with Crippen LogP contribution in [0.5, 0.6) is 0 Å². The monoisotopic (exact) mass is 632 g/mol. The predicted octanol–water partition coefficient (Wildman–Crippen LogP) is 8.12. The molecule has 0 bridgehead atoms. The molecule has 0 heterocycles. The van der Waals surface area contributed by atoms with E-state index in [4.69, 9.17) is 9.47 Å². The van der Waals surface area contributed by atoms with Crippen molar-refractivity contribution in [2.75, 3.05) is 13.2 Å². The Kier molecular flexibility index (Phi) is 19.1. The lowest BCUT2D eigenvalue weighted by atomic mass is 10.1. The first kappa shape index (κ1) is 37.0. The summed E-state index contributed by atoms with van der Waals surface area (Å²) in [6, 6.07) is 13.8. The Morgan fingerprint density at radius 2 is 0.822 bits per heavy atom. The topological polar surface area (TPSA) is 142 Å². The second kappa shape index (κ2) is 23.3. The molecule has 0 N–H and O–H groups in total. The maximum atomic E-state index is 11.9. The standard InChI is InChI=1S/C33H44O12/c1-3-5-14-26-16-20-28(21-17-26)30(34)40-44-42-32(36)38-24-12-10-8-7-9-11-13-25-39-33(37)43-45-41-31(35)29-22-18-27(19-23-29)15-6-4-2/h16-23H,3-15,24-25H2,1-2H3. The third-order valence-electron chi connectivity index (χ3n) is 6.67. The highest BCUT2D eigenvalue weighted by molar-refractivity contribution is 5.89.